The highest BCUT2D eigenvalue weighted by molar-refractivity contribution is 6.31. The Kier molecular flexibility index (Phi) is 8.44. The summed E-state index contributed by atoms with van der Waals surface area (Å²) in [6.45, 7) is 3.70. The monoisotopic (exact) mass is 464 g/mol. The molecular formula is C26H29ClN4O2. The SMILES string of the molecule is OCc1cc(CNCCCCOCCNc2nc3ccccc3c3cnccc23)ccc1Cl. The molecule has 0 saturated carbocycles. The number of hydrogen-bond acceptors (Lipinski definition) is 6. The average molecular weight is 465 g/mol. The maximum atomic E-state index is 9.30. The van der Waals surface area contributed by atoms with Crippen molar-refractivity contribution in [2.75, 3.05) is 31.6 Å². The number of pyridine rings is 2. The molecule has 0 aliphatic carbocycles. The quantitative estimate of drug-likeness (QED) is 0.204. The van der Waals surface area contributed by atoms with Gasteiger partial charge in [-0.05, 0) is 48.7 Å². The van der Waals surface area contributed by atoms with Gasteiger partial charge in [-0.3, -0.25) is 4.98 Å². The number of ether oxygens (including phenoxy) is 1. The number of nitrogens with one attached hydrogen (secondary N) is 2. The summed E-state index contributed by atoms with van der Waals surface area (Å²) in [6, 6.07) is 15.9. The lowest BCUT2D eigenvalue weighted by Gasteiger charge is -2.11. The number of halogens is 1. The van der Waals surface area contributed by atoms with Crippen molar-refractivity contribution < 1.29 is 9.84 Å². The van der Waals surface area contributed by atoms with Crippen molar-refractivity contribution in [1.82, 2.24) is 15.3 Å². The minimum Gasteiger partial charge on any atom is -0.392 e. The number of hydrogen-bond donors (Lipinski definition) is 3. The van der Waals surface area contributed by atoms with E-state index < -0.39 is 0 Å². The third-order valence-corrected chi connectivity index (χ3v) is 5.91. The predicted octanol–water partition coefficient (Wildman–Crippen LogP) is 4.93. The van der Waals surface area contributed by atoms with Crippen molar-refractivity contribution in [3.05, 3.63) is 77.1 Å². The summed E-state index contributed by atoms with van der Waals surface area (Å²) in [5, 5.41) is 20.0. The van der Waals surface area contributed by atoms with Gasteiger partial charge in [0.1, 0.15) is 5.82 Å². The maximum absolute atomic E-state index is 9.30. The fourth-order valence-electron chi connectivity index (χ4n) is 3.82. The lowest BCUT2D eigenvalue weighted by atomic mass is 10.1. The van der Waals surface area contributed by atoms with E-state index in [1.165, 1.54) is 0 Å². The third-order valence-electron chi connectivity index (χ3n) is 5.54. The van der Waals surface area contributed by atoms with Crippen molar-refractivity contribution in [3.8, 4) is 0 Å². The number of rotatable bonds is 12. The molecule has 6 nitrogen and oxygen atoms in total. The molecule has 33 heavy (non-hydrogen) atoms. The van der Waals surface area contributed by atoms with Gasteiger partial charge < -0.3 is 20.5 Å². The summed E-state index contributed by atoms with van der Waals surface area (Å²) >= 11 is 6.03. The van der Waals surface area contributed by atoms with Gasteiger partial charge in [-0.2, -0.15) is 0 Å². The van der Waals surface area contributed by atoms with E-state index in [9.17, 15) is 5.11 Å². The Balaban J connectivity index is 1.14. The van der Waals surface area contributed by atoms with Crippen LogP contribution in [0.3, 0.4) is 0 Å². The number of benzene rings is 2. The Bertz CT molecular complexity index is 1200. The molecule has 4 rings (SSSR count). The Morgan fingerprint density at radius 3 is 2.76 bits per heavy atom. The second-order valence-electron chi connectivity index (χ2n) is 7.91. The highest BCUT2D eigenvalue weighted by Gasteiger charge is 2.07. The van der Waals surface area contributed by atoms with Gasteiger partial charge in [-0.15, -0.1) is 0 Å². The van der Waals surface area contributed by atoms with Crippen molar-refractivity contribution in [2.45, 2.75) is 26.0 Å². The van der Waals surface area contributed by atoms with Gasteiger partial charge in [0, 0.05) is 53.3 Å². The van der Waals surface area contributed by atoms with Crippen molar-refractivity contribution in [2.24, 2.45) is 0 Å². The molecule has 0 fully saturated rings. The molecular weight excluding hydrogens is 436 g/mol. The molecule has 0 amide bonds. The lowest BCUT2D eigenvalue weighted by Crippen LogP contribution is -2.16. The first-order valence-electron chi connectivity index (χ1n) is 11.3. The number of aromatic nitrogens is 2. The highest BCUT2D eigenvalue weighted by Crippen LogP contribution is 2.28. The summed E-state index contributed by atoms with van der Waals surface area (Å²) < 4.78 is 5.79. The van der Waals surface area contributed by atoms with Gasteiger partial charge in [-0.25, -0.2) is 4.98 Å². The zero-order chi connectivity index (χ0) is 22.9. The van der Waals surface area contributed by atoms with E-state index in [4.69, 9.17) is 21.3 Å². The summed E-state index contributed by atoms with van der Waals surface area (Å²) in [5.74, 6) is 0.866. The number of aliphatic hydroxyl groups excluding tert-OH is 1. The van der Waals surface area contributed by atoms with E-state index in [2.05, 4.69) is 21.7 Å². The Morgan fingerprint density at radius 2 is 1.85 bits per heavy atom. The molecule has 0 bridgehead atoms. The number of para-hydroxylation sites is 1. The maximum Gasteiger partial charge on any atom is 0.134 e. The van der Waals surface area contributed by atoms with E-state index in [0.29, 0.717) is 18.2 Å². The second-order valence-corrected chi connectivity index (χ2v) is 8.31. The van der Waals surface area contributed by atoms with Gasteiger partial charge >= 0.3 is 0 Å². The molecule has 2 aromatic carbocycles. The van der Waals surface area contributed by atoms with Crippen molar-refractivity contribution in [3.63, 3.8) is 0 Å². The van der Waals surface area contributed by atoms with Gasteiger partial charge in [0.15, 0.2) is 0 Å². The number of aliphatic hydroxyl groups is 1. The molecule has 4 aromatic rings. The fraction of sp³-hybridized carbons (Fsp3) is 0.308. The summed E-state index contributed by atoms with van der Waals surface area (Å²) in [7, 11) is 0. The molecule has 0 spiro atoms. The van der Waals surface area contributed by atoms with Crippen molar-refractivity contribution >= 4 is 39.1 Å². The molecule has 0 saturated heterocycles. The van der Waals surface area contributed by atoms with E-state index >= 15 is 0 Å². The van der Waals surface area contributed by atoms with Crippen LogP contribution in [0.1, 0.15) is 24.0 Å². The van der Waals surface area contributed by atoms with E-state index in [1.54, 1.807) is 6.20 Å². The number of nitrogens with zero attached hydrogens (tertiary/aromatic N) is 2. The molecule has 0 radical (unpaired) electrons. The number of anilines is 1. The summed E-state index contributed by atoms with van der Waals surface area (Å²) in [5.41, 5.74) is 2.85. The molecule has 0 aliphatic heterocycles. The van der Waals surface area contributed by atoms with Crippen LogP contribution in [0.15, 0.2) is 60.9 Å². The van der Waals surface area contributed by atoms with Crippen LogP contribution in [0.4, 0.5) is 5.82 Å². The van der Waals surface area contributed by atoms with Crippen molar-refractivity contribution in [1.29, 1.82) is 0 Å². The van der Waals surface area contributed by atoms with Crippen LogP contribution in [-0.4, -0.2) is 41.4 Å². The number of fused-ring (bicyclic) bond motifs is 3. The van der Waals surface area contributed by atoms with E-state index in [1.807, 2.05) is 48.7 Å². The van der Waals surface area contributed by atoms with Gasteiger partial charge in [0.05, 0.1) is 18.7 Å². The minimum atomic E-state index is -0.0385. The molecule has 7 heteroatoms. The van der Waals surface area contributed by atoms with Crippen LogP contribution in [0.25, 0.3) is 21.7 Å². The zero-order valence-electron chi connectivity index (χ0n) is 18.6. The first kappa shape index (κ1) is 23.4. The normalized spacial score (nSPS) is 11.3. The topological polar surface area (TPSA) is 79.3 Å². The third kappa shape index (κ3) is 6.18. The van der Waals surface area contributed by atoms with Gasteiger partial charge in [0.2, 0.25) is 0 Å². The Morgan fingerprint density at radius 1 is 0.939 bits per heavy atom. The molecule has 3 N–H and O–H groups in total. The first-order valence-corrected chi connectivity index (χ1v) is 11.7. The van der Waals surface area contributed by atoms with Crippen LogP contribution in [0, 0.1) is 0 Å². The number of unbranched alkanes of at least 4 members (excludes halogenated alkanes) is 1. The average Bonchev–Trinajstić information content (AvgIpc) is 2.86. The predicted molar refractivity (Wildman–Crippen MR) is 135 cm³/mol. The van der Waals surface area contributed by atoms with E-state index in [0.717, 1.165) is 71.2 Å². The lowest BCUT2D eigenvalue weighted by molar-refractivity contribution is 0.140. The molecule has 2 aromatic heterocycles. The standard InChI is InChI=1S/C26H29ClN4O2/c27-24-8-7-19(15-20(24)18-32)16-28-10-3-4-13-33-14-12-30-26-22-9-11-29-17-23(22)21-5-1-2-6-25(21)31-26/h1-2,5-9,11,15,17,28,32H,3-4,10,12-14,16,18H2,(H,30,31). The smallest absolute Gasteiger partial charge is 0.134 e. The molecule has 172 valence electrons. The van der Waals surface area contributed by atoms with E-state index in [-0.39, 0.29) is 6.61 Å². The Hall–Kier alpha value is -2.77. The first-order chi connectivity index (χ1) is 16.3. The fourth-order valence-corrected chi connectivity index (χ4v) is 4.00. The summed E-state index contributed by atoms with van der Waals surface area (Å²) in [4.78, 5) is 9.07. The van der Waals surface area contributed by atoms with Crippen LogP contribution in [-0.2, 0) is 17.9 Å². The Labute approximate surface area is 199 Å². The van der Waals surface area contributed by atoms with Crippen LogP contribution in [0.2, 0.25) is 5.02 Å². The van der Waals surface area contributed by atoms with Gasteiger partial charge in [-0.1, -0.05) is 41.9 Å². The largest absolute Gasteiger partial charge is 0.392 e. The molecule has 2 heterocycles. The minimum absolute atomic E-state index is 0.0385. The zero-order valence-corrected chi connectivity index (χ0v) is 19.3. The van der Waals surface area contributed by atoms with Crippen LogP contribution >= 0.6 is 11.6 Å². The van der Waals surface area contributed by atoms with Crippen LogP contribution in [0.5, 0.6) is 0 Å². The second kappa shape index (κ2) is 11.9. The van der Waals surface area contributed by atoms with Gasteiger partial charge in [0.25, 0.3) is 0 Å². The molecule has 0 atom stereocenters. The molecule has 0 unspecified atom stereocenters. The summed E-state index contributed by atoms with van der Waals surface area (Å²) in [6.07, 6.45) is 5.73. The molecule has 0 aliphatic rings. The van der Waals surface area contributed by atoms with Crippen LogP contribution < -0.4 is 10.6 Å². The highest BCUT2D eigenvalue weighted by atomic mass is 35.5.